The second-order valence-electron chi connectivity index (χ2n) is 2.69. The van der Waals surface area contributed by atoms with E-state index in [4.69, 9.17) is 15.9 Å². The van der Waals surface area contributed by atoms with Crippen LogP contribution >= 0.6 is 0 Å². The Labute approximate surface area is 77.5 Å². The number of nitrogen functional groups attached to an aromatic ring is 1. The van der Waals surface area contributed by atoms with Gasteiger partial charge in [-0.25, -0.2) is 4.39 Å². The Hall–Kier alpha value is -2.11. The Morgan fingerprint density at radius 1 is 1.50 bits per heavy atom. The molecule has 2 rings (SSSR count). The lowest BCUT2D eigenvalue weighted by Crippen LogP contribution is -2.11. The van der Waals surface area contributed by atoms with Gasteiger partial charge in [-0.2, -0.15) is 4.98 Å². The van der Waals surface area contributed by atoms with Crippen LogP contribution < -0.4 is 11.5 Å². The van der Waals surface area contributed by atoms with Crippen molar-refractivity contribution in [3.63, 3.8) is 0 Å². The topological polar surface area (TPSA) is 95.1 Å². The minimum Gasteiger partial charge on any atom is -0.421 e. The zero-order valence-corrected chi connectivity index (χ0v) is 6.95. The molecule has 14 heavy (non-hydrogen) atoms. The third-order valence-corrected chi connectivity index (χ3v) is 1.78. The number of primary amides is 1. The van der Waals surface area contributed by atoms with E-state index in [1.165, 1.54) is 6.07 Å². The van der Waals surface area contributed by atoms with Gasteiger partial charge in [0.1, 0.15) is 5.52 Å². The molecule has 5 nitrogen and oxygen atoms in total. The molecule has 72 valence electrons. The van der Waals surface area contributed by atoms with Crippen molar-refractivity contribution in [3.05, 3.63) is 23.5 Å². The van der Waals surface area contributed by atoms with E-state index in [0.717, 1.165) is 6.07 Å². The molecule has 6 heteroatoms. The number of hydrogen-bond acceptors (Lipinski definition) is 4. The third-order valence-electron chi connectivity index (χ3n) is 1.78. The summed E-state index contributed by atoms with van der Waals surface area (Å²) >= 11 is 0. The first kappa shape index (κ1) is 8.49. The minimum atomic E-state index is -0.705. The van der Waals surface area contributed by atoms with Gasteiger partial charge in [0.2, 0.25) is 0 Å². The Kier molecular flexibility index (Phi) is 1.63. The van der Waals surface area contributed by atoms with Crippen molar-refractivity contribution in [1.29, 1.82) is 0 Å². The standard InChI is InChI=1S/C8H6FN3O2/c9-4-2-1-3(7(10)13)5-6(4)14-8(11)12-5/h1-2H,(H2,10,13)(H2,11,12). The maximum atomic E-state index is 13.1. The van der Waals surface area contributed by atoms with Crippen molar-refractivity contribution >= 4 is 23.0 Å². The van der Waals surface area contributed by atoms with Gasteiger partial charge in [0.25, 0.3) is 11.9 Å². The van der Waals surface area contributed by atoms with Gasteiger partial charge in [-0.1, -0.05) is 0 Å². The number of carbonyl (C=O) groups excluding carboxylic acids is 1. The van der Waals surface area contributed by atoms with Crippen LogP contribution in [0.15, 0.2) is 16.5 Å². The number of fused-ring (bicyclic) bond motifs is 1. The van der Waals surface area contributed by atoms with Crippen molar-refractivity contribution in [2.24, 2.45) is 5.73 Å². The first-order valence-corrected chi connectivity index (χ1v) is 3.74. The minimum absolute atomic E-state index is 0.0509. The van der Waals surface area contributed by atoms with Crippen LogP contribution in [-0.2, 0) is 0 Å². The summed E-state index contributed by atoms with van der Waals surface area (Å²) in [5, 5.41) is 0. The van der Waals surface area contributed by atoms with Crippen molar-refractivity contribution in [3.8, 4) is 0 Å². The number of aromatic nitrogens is 1. The lowest BCUT2D eigenvalue weighted by molar-refractivity contribution is 0.100. The predicted molar refractivity (Wildman–Crippen MR) is 46.9 cm³/mol. The fourth-order valence-electron chi connectivity index (χ4n) is 1.19. The van der Waals surface area contributed by atoms with E-state index in [0.29, 0.717) is 0 Å². The summed E-state index contributed by atoms with van der Waals surface area (Å²) < 4.78 is 17.9. The summed E-state index contributed by atoms with van der Waals surface area (Å²) in [6.07, 6.45) is 0. The number of carbonyl (C=O) groups is 1. The van der Waals surface area contributed by atoms with E-state index in [-0.39, 0.29) is 22.7 Å². The molecular weight excluding hydrogens is 189 g/mol. The highest BCUT2D eigenvalue weighted by atomic mass is 19.1. The van der Waals surface area contributed by atoms with Gasteiger partial charge in [0, 0.05) is 0 Å². The fraction of sp³-hybridized carbons (Fsp3) is 0. The van der Waals surface area contributed by atoms with E-state index in [1.54, 1.807) is 0 Å². The molecule has 1 aromatic carbocycles. The summed E-state index contributed by atoms with van der Waals surface area (Å²) in [5.74, 6) is -1.34. The average Bonchev–Trinajstić information content (AvgIpc) is 2.47. The second-order valence-corrected chi connectivity index (χ2v) is 2.69. The predicted octanol–water partition coefficient (Wildman–Crippen LogP) is 0.648. The van der Waals surface area contributed by atoms with E-state index < -0.39 is 11.7 Å². The lowest BCUT2D eigenvalue weighted by Gasteiger charge is -1.95. The van der Waals surface area contributed by atoms with Gasteiger partial charge in [-0.15, -0.1) is 0 Å². The molecule has 0 saturated carbocycles. The highest BCUT2D eigenvalue weighted by Crippen LogP contribution is 2.23. The largest absolute Gasteiger partial charge is 0.421 e. The highest BCUT2D eigenvalue weighted by Gasteiger charge is 2.15. The molecule has 0 fully saturated rings. The summed E-state index contributed by atoms with van der Waals surface area (Å²) in [4.78, 5) is 14.6. The number of oxazole rings is 1. The van der Waals surface area contributed by atoms with Crippen LogP contribution in [0.4, 0.5) is 10.4 Å². The number of anilines is 1. The van der Waals surface area contributed by atoms with Crippen LogP contribution in [0, 0.1) is 5.82 Å². The molecule has 0 unspecified atom stereocenters. The SMILES string of the molecule is NC(=O)c1ccc(F)c2oc(N)nc12. The summed E-state index contributed by atoms with van der Waals surface area (Å²) in [5.41, 5.74) is 10.3. The molecule has 0 spiro atoms. The van der Waals surface area contributed by atoms with Gasteiger partial charge in [0.05, 0.1) is 5.56 Å². The first-order chi connectivity index (χ1) is 6.59. The number of halogens is 1. The Morgan fingerprint density at radius 3 is 2.86 bits per heavy atom. The lowest BCUT2D eigenvalue weighted by atomic mass is 10.2. The monoisotopic (exact) mass is 195 g/mol. The van der Waals surface area contributed by atoms with Gasteiger partial charge in [-0.05, 0) is 12.1 Å². The Morgan fingerprint density at radius 2 is 2.21 bits per heavy atom. The smallest absolute Gasteiger partial charge is 0.293 e. The molecule has 0 aliphatic carbocycles. The molecule has 0 aliphatic rings. The fourth-order valence-corrected chi connectivity index (χ4v) is 1.19. The average molecular weight is 195 g/mol. The summed E-state index contributed by atoms with van der Waals surface area (Å²) in [6, 6.07) is 2.11. The number of nitrogens with zero attached hydrogens (tertiary/aromatic N) is 1. The van der Waals surface area contributed by atoms with Crippen LogP contribution in [0.5, 0.6) is 0 Å². The van der Waals surface area contributed by atoms with E-state index in [9.17, 15) is 9.18 Å². The first-order valence-electron chi connectivity index (χ1n) is 3.74. The zero-order valence-electron chi connectivity index (χ0n) is 6.95. The Bertz CT molecular complexity index is 521. The van der Waals surface area contributed by atoms with E-state index >= 15 is 0 Å². The van der Waals surface area contributed by atoms with Crippen LogP contribution in [0.2, 0.25) is 0 Å². The normalized spacial score (nSPS) is 10.6. The number of benzene rings is 1. The molecule has 0 atom stereocenters. The van der Waals surface area contributed by atoms with Crippen LogP contribution in [-0.4, -0.2) is 10.9 Å². The third kappa shape index (κ3) is 1.08. The molecule has 0 aliphatic heterocycles. The molecule has 0 radical (unpaired) electrons. The van der Waals surface area contributed by atoms with Crippen molar-refractivity contribution < 1.29 is 13.6 Å². The molecule has 1 amide bonds. The molecule has 1 aromatic heterocycles. The van der Waals surface area contributed by atoms with Crippen molar-refractivity contribution in [2.75, 3.05) is 5.73 Å². The Balaban J connectivity index is 2.87. The van der Waals surface area contributed by atoms with Gasteiger partial charge in [-0.3, -0.25) is 4.79 Å². The maximum absolute atomic E-state index is 13.1. The molecular formula is C8H6FN3O2. The maximum Gasteiger partial charge on any atom is 0.293 e. The van der Waals surface area contributed by atoms with Crippen molar-refractivity contribution in [2.45, 2.75) is 0 Å². The highest BCUT2D eigenvalue weighted by molar-refractivity contribution is 6.03. The van der Waals surface area contributed by atoms with Gasteiger partial charge < -0.3 is 15.9 Å². The van der Waals surface area contributed by atoms with Gasteiger partial charge >= 0.3 is 0 Å². The van der Waals surface area contributed by atoms with Crippen molar-refractivity contribution in [1.82, 2.24) is 4.98 Å². The van der Waals surface area contributed by atoms with E-state index in [2.05, 4.69) is 4.98 Å². The number of nitrogens with two attached hydrogens (primary N) is 2. The number of amides is 1. The van der Waals surface area contributed by atoms with Gasteiger partial charge in [0.15, 0.2) is 11.4 Å². The van der Waals surface area contributed by atoms with Crippen LogP contribution in [0.3, 0.4) is 0 Å². The quantitative estimate of drug-likeness (QED) is 0.698. The number of rotatable bonds is 1. The number of hydrogen-bond donors (Lipinski definition) is 2. The molecule has 2 aromatic rings. The van der Waals surface area contributed by atoms with Crippen LogP contribution in [0.1, 0.15) is 10.4 Å². The molecule has 0 saturated heterocycles. The summed E-state index contributed by atoms with van der Waals surface area (Å²) in [6.45, 7) is 0. The summed E-state index contributed by atoms with van der Waals surface area (Å²) in [7, 11) is 0. The van der Waals surface area contributed by atoms with E-state index in [1.807, 2.05) is 0 Å². The molecule has 4 N–H and O–H groups in total. The second kappa shape index (κ2) is 2.69. The van der Waals surface area contributed by atoms with Crippen LogP contribution in [0.25, 0.3) is 11.1 Å². The molecule has 0 bridgehead atoms. The molecule has 1 heterocycles. The zero-order chi connectivity index (χ0) is 10.3.